The number of Topliss-reactive ketones (excluding diaryl/α,β-unsaturated/α-hetero) is 1. The fourth-order valence-electron chi connectivity index (χ4n) is 4.29. The number of rotatable bonds is 11. The minimum absolute atomic E-state index is 0.138. The monoisotopic (exact) mass is 464 g/mol. The van der Waals surface area contributed by atoms with Crippen molar-refractivity contribution in [1.82, 2.24) is 9.80 Å². The molecule has 1 aliphatic heterocycles. The molecule has 0 unspecified atom stereocenters. The molecule has 0 aromatic heterocycles. The van der Waals surface area contributed by atoms with Crippen molar-refractivity contribution in [2.75, 3.05) is 32.8 Å². The first-order valence-electron chi connectivity index (χ1n) is 12.2. The summed E-state index contributed by atoms with van der Waals surface area (Å²) in [5.74, 6) is -0.606. The number of carbonyl (C=O) groups is 2. The summed E-state index contributed by atoms with van der Waals surface area (Å²) < 4.78 is 5.70. The molecule has 6 heteroatoms. The second-order valence-electron chi connectivity index (χ2n) is 8.66. The second-order valence-corrected chi connectivity index (χ2v) is 8.66. The van der Waals surface area contributed by atoms with Crippen molar-refractivity contribution >= 4 is 17.4 Å². The molecular weight excluding hydrogens is 428 g/mol. The summed E-state index contributed by atoms with van der Waals surface area (Å²) >= 11 is 0. The lowest BCUT2D eigenvalue weighted by Gasteiger charge is -2.27. The molecule has 0 spiro atoms. The molecule has 34 heavy (non-hydrogen) atoms. The molecule has 0 aliphatic carbocycles. The van der Waals surface area contributed by atoms with Gasteiger partial charge in [-0.25, -0.2) is 0 Å². The van der Waals surface area contributed by atoms with Crippen LogP contribution in [0.1, 0.15) is 56.3 Å². The predicted molar refractivity (Wildman–Crippen MR) is 135 cm³/mol. The Morgan fingerprint density at radius 3 is 2.24 bits per heavy atom. The molecule has 1 atom stereocenters. The molecule has 1 saturated heterocycles. The van der Waals surface area contributed by atoms with Gasteiger partial charge < -0.3 is 19.6 Å². The third-order valence-corrected chi connectivity index (χ3v) is 6.30. The zero-order valence-corrected chi connectivity index (χ0v) is 20.7. The van der Waals surface area contributed by atoms with Crippen molar-refractivity contribution in [2.24, 2.45) is 0 Å². The third kappa shape index (κ3) is 5.68. The van der Waals surface area contributed by atoms with Gasteiger partial charge in [0.2, 0.25) is 0 Å². The van der Waals surface area contributed by atoms with Gasteiger partial charge >= 0.3 is 0 Å². The molecule has 3 rings (SSSR count). The molecule has 2 aromatic rings. The minimum Gasteiger partial charge on any atom is -0.507 e. The predicted octanol–water partition coefficient (Wildman–Crippen LogP) is 4.94. The summed E-state index contributed by atoms with van der Waals surface area (Å²) in [7, 11) is 0. The molecule has 6 nitrogen and oxygen atoms in total. The molecule has 182 valence electrons. The first kappa shape index (κ1) is 25.5. The molecule has 1 N–H and O–H groups in total. The van der Waals surface area contributed by atoms with Gasteiger partial charge in [0, 0.05) is 12.1 Å². The van der Waals surface area contributed by atoms with Crippen LogP contribution in [0.5, 0.6) is 5.75 Å². The number of nitrogens with zero attached hydrogens (tertiary/aromatic N) is 2. The average Bonchev–Trinajstić information content (AvgIpc) is 3.10. The largest absolute Gasteiger partial charge is 0.507 e. The van der Waals surface area contributed by atoms with Gasteiger partial charge in [-0.2, -0.15) is 0 Å². The number of carbonyl (C=O) groups excluding carboxylic acids is 2. The van der Waals surface area contributed by atoms with Crippen LogP contribution in [0.2, 0.25) is 0 Å². The van der Waals surface area contributed by atoms with Crippen molar-refractivity contribution in [3.8, 4) is 5.75 Å². The van der Waals surface area contributed by atoms with Gasteiger partial charge in [-0.15, -0.1) is 0 Å². The Kier molecular flexibility index (Phi) is 8.88. The van der Waals surface area contributed by atoms with Crippen molar-refractivity contribution in [3.63, 3.8) is 0 Å². The number of benzene rings is 2. The van der Waals surface area contributed by atoms with Gasteiger partial charge in [-0.1, -0.05) is 62.7 Å². The smallest absolute Gasteiger partial charge is 0.295 e. The number of aliphatic hydroxyl groups excluding tert-OH is 1. The lowest BCUT2D eigenvalue weighted by molar-refractivity contribution is -0.140. The lowest BCUT2D eigenvalue weighted by Crippen LogP contribution is -2.33. The summed E-state index contributed by atoms with van der Waals surface area (Å²) in [5.41, 5.74) is 2.49. The lowest BCUT2D eigenvalue weighted by atomic mass is 9.95. The molecular formula is C28H36N2O4. The van der Waals surface area contributed by atoms with Crippen LogP contribution in [0, 0.1) is 6.92 Å². The van der Waals surface area contributed by atoms with Gasteiger partial charge in [-0.3, -0.25) is 9.59 Å². The third-order valence-electron chi connectivity index (χ3n) is 6.30. The Balaban J connectivity index is 1.99. The van der Waals surface area contributed by atoms with Gasteiger partial charge in [0.15, 0.2) is 0 Å². The molecule has 2 aromatic carbocycles. The first-order valence-corrected chi connectivity index (χ1v) is 12.2. The Hall–Kier alpha value is -3.12. The van der Waals surface area contributed by atoms with E-state index in [1.54, 1.807) is 17.0 Å². The number of hydrogen-bond donors (Lipinski definition) is 1. The van der Waals surface area contributed by atoms with E-state index in [1.165, 1.54) is 0 Å². The van der Waals surface area contributed by atoms with E-state index in [-0.39, 0.29) is 11.3 Å². The van der Waals surface area contributed by atoms with Crippen LogP contribution in [-0.2, 0) is 9.59 Å². The average molecular weight is 465 g/mol. The van der Waals surface area contributed by atoms with Crippen molar-refractivity contribution in [3.05, 3.63) is 70.8 Å². The van der Waals surface area contributed by atoms with E-state index in [4.69, 9.17) is 4.74 Å². The number of ether oxygens (including phenoxy) is 1. The number of aryl methyl sites for hydroxylation is 1. The SMILES string of the molecule is CCCOc1ccc([C@@H]2/C(=C(\O)c3ccc(C)cc3)C(=O)C(=O)N2CCCN(CC)CC)cc1. The van der Waals surface area contributed by atoms with Crippen LogP contribution in [0.4, 0.5) is 0 Å². The number of aliphatic hydroxyl groups is 1. The second kappa shape index (κ2) is 11.8. The minimum atomic E-state index is -0.641. The maximum absolute atomic E-state index is 13.2. The molecule has 1 aliphatic rings. The van der Waals surface area contributed by atoms with Crippen molar-refractivity contribution < 1.29 is 19.4 Å². The van der Waals surface area contributed by atoms with E-state index in [0.29, 0.717) is 18.7 Å². The zero-order chi connectivity index (χ0) is 24.7. The maximum atomic E-state index is 13.2. The van der Waals surface area contributed by atoms with Gasteiger partial charge in [0.25, 0.3) is 11.7 Å². The molecule has 0 radical (unpaired) electrons. The highest BCUT2D eigenvalue weighted by atomic mass is 16.5. The number of likely N-dealkylation sites (tertiary alicyclic amines) is 1. The van der Waals surface area contributed by atoms with Crippen LogP contribution >= 0.6 is 0 Å². The van der Waals surface area contributed by atoms with E-state index < -0.39 is 17.7 Å². The standard InChI is InChI=1S/C28H36N2O4/c1-5-19-34-23-15-13-21(14-16-23)25-24(26(31)22-11-9-20(4)10-12-22)27(32)28(33)30(25)18-8-17-29(6-2)7-3/h9-16,25,31H,5-8,17-19H2,1-4H3/b26-24+/t25-/m1/s1. The van der Waals surface area contributed by atoms with Gasteiger partial charge in [-0.05, 0) is 57.1 Å². The molecule has 1 fully saturated rings. The van der Waals surface area contributed by atoms with Gasteiger partial charge in [0.05, 0.1) is 18.2 Å². The Morgan fingerprint density at radius 2 is 1.65 bits per heavy atom. The van der Waals surface area contributed by atoms with Crippen LogP contribution in [0.3, 0.4) is 0 Å². The van der Waals surface area contributed by atoms with Crippen molar-refractivity contribution in [2.45, 2.75) is 46.6 Å². The summed E-state index contributed by atoms with van der Waals surface area (Å²) in [4.78, 5) is 30.2. The topological polar surface area (TPSA) is 70.1 Å². The summed E-state index contributed by atoms with van der Waals surface area (Å²) in [6.07, 6.45) is 1.65. The Morgan fingerprint density at radius 1 is 1.00 bits per heavy atom. The van der Waals surface area contributed by atoms with Gasteiger partial charge in [0.1, 0.15) is 11.5 Å². The van der Waals surface area contributed by atoms with Crippen LogP contribution in [0.15, 0.2) is 54.1 Å². The van der Waals surface area contributed by atoms with E-state index in [0.717, 1.165) is 49.4 Å². The summed E-state index contributed by atoms with van der Waals surface area (Å²) in [6, 6.07) is 14.1. The molecule has 0 bridgehead atoms. The van der Waals surface area contributed by atoms with E-state index in [9.17, 15) is 14.7 Å². The quantitative estimate of drug-likeness (QED) is 0.290. The first-order chi connectivity index (χ1) is 16.4. The fraction of sp³-hybridized carbons (Fsp3) is 0.429. The van der Waals surface area contributed by atoms with Crippen molar-refractivity contribution in [1.29, 1.82) is 0 Å². The van der Waals surface area contributed by atoms with Crippen LogP contribution < -0.4 is 4.74 Å². The number of hydrogen-bond acceptors (Lipinski definition) is 5. The molecule has 1 heterocycles. The normalized spacial score (nSPS) is 17.6. The Bertz CT molecular complexity index is 1010. The summed E-state index contributed by atoms with van der Waals surface area (Å²) in [5, 5.41) is 11.2. The highest BCUT2D eigenvalue weighted by Crippen LogP contribution is 2.40. The number of amides is 1. The molecule has 1 amide bonds. The Labute approximate surface area is 202 Å². The van der Waals surface area contributed by atoms with Crippen LogP contribution in [0.25, 0.3) is 5.76 Å². The van der Waals surface area contributed by atoms with E-state index in [1.807, 2.05) is 50.2 Å². The zero-order valence-electron chi connectivity index (χ0n) is 20.7. The highest BCUT2D eigenvalue weighted by molar-refractivity contribution is 6.46. The maximum Gasteiger partial charge on any atom is 0.295 e. The highest BCUT2D eigenvalue weighted by Gasteiger charge is 2.45. The van der Waals surface area contributed by atoms with Crippen LogP contribution in [-0.4, -0.2) is 59.4 Å². The fourth-order valence-corrected chi connectivity index (χ4v) is 4.29. The molecule has 0 saturated carbocycles. The van der Waals surface area contributed by atoms with E-state index in [2.05, 4.69) is 18.7 Å². The summed E-state index contributed by atoms with van der Waals surface area (Å²) in [6.45, 7) is 12.0. The van der Waals surface area contributed by atoms with E-state index >= 15 is 0 Å². The number of ketones is 1.